The molecule has 4 aromatic rings. The van der Waals surface area contributed by atoms with Crippen molar-refractivity contribution in [3.05, 3.63) is 114 Å². The third-order valence-corrected chi connectivity index (χ3v) is 10.5. The van der Waals surface area contributed by atoms with Crippen molar-refractivity contribution < 1.29 is 62.0 Å². The molecule has 0 aliphatic carbocycles. The fourth-order valence-corrected chi connectivity index (χ4v) is 9.69. The zero-order valence-corrected chi connectivity index (χ0v) is 29.1. The van der Waals surface area contributed by atoms with Gasteiger partial charge in [0.1, 0.15) is 15.9 Å². The number of carbonyl (C=O) groups excluding carboxylic acids is 1. The van der Waals surface area contributed by atoms with Crippen LogP contribution in [-0.2, 0) is 16.3 Å². The molecular weight excluding hydrogens is 1000 g/mol. The molecule has 0 spiro atoms. The molecule has 0 unspecified atom stereocenters. The van der Waals surface area contributed by atoms with Gasteiger partial charge in [-0.25, -0.2) is 13.2 Å². The first kappa shape index (κ1) is 33.3. The molecule has 0 amide bonds. The van der Waals surface area contributed by atoms with Gasteiger partial charge in [-0.3, -0.25) is 0 Å². The maximum absolute atomic E-state index is 12.5. The van der Waals surface area contributed by atoms with Crippen LogP contribution in [0, 0.1) is 17.9 Å². The zero-order valence-electron chi connectivity index (χ0n) is 19.6. The highest BCUT2D eigenvalue weighted by atomic mass is 127. The Hall–Kier alpha value is -1.23. The molecular formula is C26H15F3I4O6S. The van der Waals surface area contributed by atoms with Crippen LogP contribution < -0.4 is 25.9 Å². The van der Waals surface area contributed by atoms with Crippen molar-refractivity contribution >= 4 is 83.9 Å². The SMILES string of the molecule is FC(F)(F)c1cccc([I+]c2ccccc2)c1.O=C(Oc1c(I)cc(I)cc1I)c1ccc(S(=O)(=O)[O-])c(O)c1. The molecule has 14 heteroatoms. The van der Waals surface area contributed by atoms with Gasteiger partial charge in [0.15, 0.2) is 12.9 Å². The normalized spacial score (nSPS) is 11.4. The van der Waals surface area contributed by atoms with E-state index in [0.717, 1.165) is 42.1 Å². The lowest BCUT2D eigenvalue weighted by Gasteiger charge is -2.12. The standard InChI is InChI=1S/C13H9F3I.C13H7I3O6S/c14-13(15,16)10-5-4-8-12(9-10)17-11-6-2-1-3-7-11;14-7-4-8(15)12(9(16)5-7)22-13(18)6-1-2-11(10(17)3-6)23(19,20)21/h1-9H;1-5,17H,(H,19,20,21)/q+1;/p-1. The van der Waals surface area contributed by atoms with E-state index in [-0.39, 0.29) is 5.56 Å². The van der Waals surface area contributed by atoms with Crippen molar-refractivity contribution in [3.63, 3.8) is 0 Å². The average Bonchev–Trinajstić information content (AvgIpc) is 2.86. The number of phenolic OH excluding ortho intramolecular Hbond substituents is 1. The first-order valence-corrected chi connectivity index (χ1v) is 17.5. The summed E-state index contributed by atoms with van der Waals surface area (Å²) in [4.78, 5) is 11.4. The van der Waals surface area contributed by atoms with Crippen molar-refractivity contribution in [2.24, 2.45) is 0 Å². The van der Waals surface area contributed by atoms with Crippen LogP contribution in [0.15, 0.2) is 89.8 Å². The first-order valence-electron chi connectivity index (χ1n) is 10.7. The number of halogens is 7. The Labute approximate surface area is 279 Å². The van der Waals surface area contributed by atoms with E-state index >= 15 is 0 Å². The molecule has 0 heterocycles. The minimum Gasteiger partial charge on any atom is -0.744 e. The number of carbonyl (C=O) groups is 1. The van der Waals surface area contributed by atoms with Gasteiger partial charge >= 0.3 is 33.4 Å². The molecule has 210 valence electrons. The second-order valence-corrected chi connectivity index (χ2v) is 15.6. The van der Waals surface area contributed by atoms with Gasteiger partial charge in [-0.2, -0.15) is 13.2 Å². The number of aromatic hydroxyl groups is 1. The molecule has 0 atom stereocenters. The van der Waals surface area contributed by atoms with Crippen molar-refractivity contribution in [1.29, 1.82) is 0 Å². The minimum atomic E-state index is -4.81. The Bertz CT molecular complexity index is 1610. The van der Waals surface area contributed by atoms with Gasteiger partial charge < -0.3 is 14.4 Å². The molecule has 40 heavy (non-hydrogen) atoms. The Morgan fingerprint density at radius 2 is 1.45 bits per heavy atom. The van der Waals surface area contributed by atoms with Crippen molar-refractivity contribution in [2.75, 3.05) is 0 Å². The summed E-state index contributed by atoms with van der Waals surface area (Å²) in [6, 6.07) is 21.7. The number of alkyl halides is 3. The van der Waals surface area contributed by atoms with Gasteiger partial charge in [-0.1, -0.05) is 24.3 Å². The topological polar surface area (TPSA) is 104 Å². The Morgan fingerprint density at radius 1 is 0.850 bits per heavy atom. The second kappa shape index (κ2) is 14.3. The van der Waals surface area contributed by atoms with Crippen LogP contribution in [0.25, 0.3) is 0 Å². The molecule has 4 aromatic carbocycles. The van der Waals surface area contributed by atoms with Crippen LogP contribution in [0.1, 0.15) is 15.9 Å². The number of ether oxygens (including phenoxy) is 1. The van der Waals surface area contributed by atoms with Crippen LogP contribution in [0.3, 0.4) is 0 Å². The van der Waals surface area contributed by atoms with Gasteiger partial charge in [-0.15, -0.1) is 0 Å². The second-order valence-electron chi connectivity index (χ2n) is 7.62. The summed E-state index contributed by atoms with van der Waals surface area (Å²) in [6.45, 7) is 0. The van der Waals surface area contributed by atoms with Crippen LogP contribution in [-0.4, -0.2) is 24.0 Å². The van der Waals surface area contributed by atoms with E-state index in [2.05, 4.69) is 22.6 Å². The lowest BCUT2D eigenvalue weighted by molar-refractivity contribution is -0.597. The average molecular weight is 1020 g/mol. The lowest BCUT2D eigenvalue weighted by atomic mass is 10.2. The molecule has 0 aliphatic rings. The molecule has 0 fully saturated rings. The molecule has 0 saturated carbocycles. The largest absolute Gasteiger partial charge is 0.744 e. The zero-order chi connectivity index (χ0) is 29.7. The maximum atomic E-state index is 12.5. The molecule has 0 radical (unpaired) electrons. The number of phenols is 1. The summed E-state index contributed by atoms with van der Waals surface area (Å²) < 4.78 is 79.9. The summed E-state index contributed by atoms with van der Waals surface area (Å²) in [7, 11) is -4.81. The smallest absolute Gasteiger partial charge is 0.416 e. The predicted molar refractivity (Wildman–Crippen MR) is 161 cm³/mol. The molecule has 0 saturated heterocycles. The van der Waals surface area contributed by atoms with E-state index in [1.54, 1.807) is 6.07 Å². The van der Waals surface area contributed by atoms with Crippen LogP contribution in [0.5, 0.6) is 11.5 Å². The number of esters is 1. The number of rotatable bonds is 5. The van der Waals surface area contributed by atoms with Crippen LogP contribution in [0.4, 0.5) is 13.2 Å². The van der Waals surface area contributed by atoms with Gasteiger partial charge in [0.2, 0.25) is 0 Å². The molecule has 0 bridgehead atoms. The Balaban J connectivity index is 0.000000230. The number of benzene rings is 4. The lowest BCUT2D eigenvalue weighted by Crippen LogP contribution is -3.61. The van der Waals surface area contributed by atoms with E-state index in [1.807, 2.05) is 87.6 Å². The first-order chi connectivity index (χ1) is 18.6. The number of hydrogen-bond acceptors (Lipinski definition) is 6. The van der Waals surface area contributed by atoms with E-state index in [4.69, 9.17) is 4.74 Å². The monoisotopic (exact) mass is 1020 g/mol. The highest BCUT2D eigenvalue weighted by molar-refractivity contribution is 14.1. The van der Waals surface area contributed by atoms with E-state index in [9.17, 15) is 36.0 Å². The van der Waals surface area contributed by atoms with Crippen LogP contribution in [0.2, 0.25) is 0 Å². The van der Waals surface area contributed by atoms with Gasteiger partial charge in [0.25, 0.3) is 0 Å². The molecule has 6 nitrogen and oxygen atoms in total. The quantitative estimate of drug-likeness (QED) is 0.140. The Morgan fingerprint density at radius 3 is 2.00 bits per heavy atom. The predicted octanol–water partition coefficient (Wildman–Crippen LogP) is 4.16. The summed E-state index contributed by atoms with van der Waals surface area (Å²) >= 11 is 5.66. The summed E-state index contributed by atoms with van der Waals surface area (Å²) in [5, 5.41) is 9.60. The third kappa shape index (κ3) is 9.66. The highest BCUT2D eigenvalue weighted by Crippen LogP contribution is 2.31. The Kier molecular flexibility index (Phi) is 11.9. The van der Waals surface area contributed by atoms with E-state index in [1.165, 1.54) is 12.1 Å². The van der Waals surface area contributed by atoms with Crippen molar-refractivity contribution in [1.82, 2.24) is 0 Å². The van der Waals surface area contributed by atoms with Crippen molar-refractivity contribution in [2.45, 2.75) is 11.1 Å². The minimum absolute atomic E-state index is 0.0694. The molecule has 4 rings (SSSR count). The fraction of sp³-hybridized carbons (Fsp3) is 0.0385. The summed E-state index contributed by atoms with van der Waals surface area (Å²) in [5.74, 6) is -1.19. The number of hydrogen-bond donors (Lipinski definition) is 1. The van der Waals surface area contributed by atoms with E-state index < -0.39 is 59.7 Å². The molecule has 0 aromatic heterocycles. The summed E-state index contributed by atoms with van der Waals surface area (Å²) in [5.41, 5.74) is -0.634. The van der Waals surface area contributed by atoms with E-state index in [0.29, 0.717) is 5.75 Å². The van der Waals surface area contributed by atoms with Crippen molar-refractivity contribution in [3.8, 4) is 11.5 Å². The van der Waals surface area contributed by atoms with Crippen LogP contribution >= 0.6 is 67.8 Å². The highest BCUT2D eigenvalue weighted by Gasteiger charge is 2.32. The maximum Gasteiger partial charge on any atom is 0.416 e. The third-order valence-electron chi connectivity index (χ3n) is 4.73. The van der Waals surface area contributed by atoms with Gasteiger partial charge in [0.05, 0.1) is 23.2 Å². The van der Waals surface area contributed by atoms with Gasteiger partial charge in [0, 0.05) is 9.64 Å². The molecule has 1 N–H and O–H groups in total. The summed E-state index contributed by atoms with van der Waals surface area (Å²) in [6.07, 6.45) is -4.25. The fourth-order valence-electron chi connectivity index (χ4n) is 2.96. The molecule has 0 aliphatic heterocycles. The van der Waals surface area contributed by atoms with Gasteiger partial charge in [-0.05, 0) is 122 Å².